The van der Waals surface area contributed by atoms with Crippen LogP contribution in [0, 0.1) is 0 Å². The zero-order valence-corrected chi connectivity index (χ0v) is 11.3. The van der Waals surface area contributed by atoms with Crippen molar-refractivity contribution in [1.29, 1.82) is 0 Å². The lowest BCUT2D eigenvalue weighted by Crippen LogP contribution is -2.50. The van der Waals surface area contributed by atoms with Gasteiger partial charge in [-0.25, -0.2) is 4.79 Å². The van der Waals surface area contributed by atoms with Crippen molar-refractivity contribution >= 4 is 17.8 Å². The van der Waals surface area contributed by atoms with Crippen molar-refractivity contribution in [3.63, 3.8) is 0 Å². The van der Waals surface area contributed by atoms with E-state index in [1.54, 1.807) is 13.8 Å². The van der Waals surface area contributed by atoms with Gasteiger partial charge in [0.15, 0.2) is 0 Å². The molecular weight excluding hydrogens is 248 g/mol. The highest BCUT2D eigenvalue weighted by molar-refractivity contribution is 5.94. The fourth-order valence-electron chi connectivity index (χ4n) is 2.06. The zero-order valence-electron chi connectivity index (χ0n) is 11.3. The first-order valence-electron chi connectivity index (χ1n) is 6.41. The molecule has 19 heavy (non-hydrogen) atoms. The summed E-state index contributed by atoms with van der Waals surface area (Å²) >= 11 is 0. The second-order valence-electron chi connectivity index (χ2n) is 4.38. The summed E-state index contributed by atoms with van der Waals surface area (Å²) in [5, 5.41) is 2.57. The summed E-state index contributed by atoms with van der Waals surface area (Å²) in [4.78, 5) is 36.5. The van der Waals surface area contributed by atoms with Gasteiger partial charge >= 0.3 is 5.97 Å². The fraction of sp³-hybridized carbons (Fsp3) is 0.615. The van der Waals surface area contributed by atoms with Crippen molar-refractivity contribution in [2.45, 2.75) is 38.8 Å². The molecule has 0 saturated carbocycles. The van der Waals surface area contributed by atoms with Gasteiger partial charge in [0.05, 0.1) is 6.61 Å². The number of nitrogens with one attached hydrogen (secondary N) is 1. The molecule has 0 bridgehead atoms. The van der Waals surface area contributed by atoms with E-state index >= 15 is 0 Å². The molecule has 0 radical (unpaired) electrons. The van der Waals surface area contributed by atoms with Crippen LogP contribution in [-0.2, 0) is 19.1 Å². The van der Waals surface area contributed by atoms with Crippen LogP contribution >= 0.6 is 0 Å². The maximum atomic E-state index is 12.0. The number of carbonyl (C=O) groups excluding carboxylic acids is 3. The number of esters is 1. The Morgan fingerprint density at radius 2 is 2.21 bits per heavy atom. The fourth-order valence-corrected chi connectivity index (χ4v) is 2.06. The number of hydrogen-bond acceptors (Lipinski definition) is 4. The molecule has 1 heterocycles. The number of nitrogens with zero attached hydrogens (tertiary/aromatic N) is 1. The Balaban J connectivity index is 2.59. The van der Waals surface area contributed by atoms with E-state index in [-0.39, 0.29) is 18.4 Å². The van der Waals surface area contributed by atoms with Crippen LogP contribution in [0.1, 0.15) is 26.7 Å². The number of carbonyl (C=O) groups is 3. The molecule has 106 valence electrons. The van der Waals surface area contributed by atoms with E-state index in [4.69, 9.17) is 4.74 Å². The van der Waals surface area contributed by atoms with Crippen LogP contribution in [0.25, 0.3) is 0 Å². The minimum Gasteiger partial charge on any atom is -0.464 e. The van der Waals surface area contributed by atoms with E-state index < -0.39 is 18.1 Å². The molecule has 2 atom stereocenters. The number of likely N-dealkylation sites (tertiary alicyclic amines) is 1. The lowest BCUT2D eigenvalue weighted by Gasteiger charge is -2.23. The van der Waals surface area contributed by atoms with Crippen molar-refractivity contribution in [1.82, 2.24) is 10.2 Å². The molecule has 2 amide bonds. The second kappa shape index (κ2) is 6.92. The first-order valence-corrected chi connectivity index (χ1v) is 6.41. The van der Waals surface area contributed by atoms with E-state index in [9.17, 15) is 14.4 Å². The summed E-state index contributed by atoms with van der Waals surface area (Å²) in [6.45, 7) is 7.48. The molecule has 0 spiro atoms. The van der Waals surface area contributed by atoms with Crippen LogP contribution in [0.2, 0.25) is 0 Å². The van der Waals surface area contributed by atoms with Gasteiger partial charge in [-0.2, -0.15) is 0 Å². The Hall–Kier alpha value is -1.85. The summed E-state index contributed by atoms with van der Waals surface area (Å²) in [5.41, 5.74) is 0. The molecule has 0 aromatic rings. The maximum Gasteiger partial charge on any atom is 0.328 e. The molecular formula is C13H20N2O4. The largest absolute Gasteiger partial charge is 0.464 e. The van der Waals surface area contributed by atoms with Crippen LogP contribution in [-0.4, -0.2) is 47.9 Å². The second-order valence-corrected chi connectivity index (χ2v) is 4.38. The zero-order chi connectivity index (χ0) is 14.4. The van der Waals surface area contributed by atoms with Crippen LogP contribution in [0.4, 0.5) is 0 Å². The van der Waals surface area contributed by atoms with Gasteiger partial charge in [-0.05, 0) is 32.8 Å². The summed E-state index contributed by atoms with van der Waals surface area (Å²) in [6, 6.07) is -1.24. The van der Waals surface area contributed by atoms with E-state index in [0.717, 1.165) is 6.42 Å². The summed E-state index contributed by atoms with van der Waals surface area (Å²) < 4.78 is 4.81. The standard InChI is InChI=1S/C13H20N2O4/c1-4-11(16)15-8-6-7-10(15)12(17)14-9(3)13(18)19-5-2/h4,9-10H,1,5-8H2,2-3H3,(H,14,17)/t9-,10-/m0/s1. The summed E-state index contributed by atoms with van der Waals surface area (Å²) in [7, 11) is 0. The third kappa shape index (κ3) is 3.81. The van der Waals surface area contributed by atoms with Gasteiger partial charge in [-0.1, -0.05) is 6.58 Å². The van der Waals surface area contributed by atoms with Gasteiger partial charge < -0.3 is 15.0 Å². The SMILES string of the molecule is C=CC(=O)N1CCC[C@H]1C(=O)N[C@@H](C)C(=O)OCC. The monoisotopic (exact) mass is 268 g/mol. The van der Waals surface area contributed by atoms with Crippen LogP contribution in [0.3, 0.4) is 0 Å². The van der Waals surface area contributed by atoms with Gasteiger partial charge in [-0.3, -0.25) is 9.59 Å². The maximum absolute atomic E-state index is 12.0. The highest BCUT2D eigenvalue weighted by Gasteiger charge is 2.34. The van der Waals surface area contributed by atoms with E-state index in [1.807, 2.05) is 0 Å². The van der Waals surface area contributed by atoms with Gasteiger partial charge in [-0.15, -0.1) is 0 Å². The lowest BCUT2D eigenvalue weighted by atomic mass is 10.2. The van der Waals surface area contributed by atoms with Crippen LogP contribution in [0.5, 0.6) is 0 Å². The average Bonchev–Trinajstić information content (AvgIpc) is 2.87. The van der Waals surface area contributed by atoms with E-state index in [0.29, 0.717) is 13.0 Å². The van der Waals surface area contributed by atoms with Gasteiger partial charge in [0.1, 0.15) is 12.1 Å². The molecule has 0 aromatic carbocycles. The molecule has 1 N–H and O–H groups in total. The normalized spacial score (nSPS) is 19.7. The predicted molar refractivity (Wildman–Crippen MR) is 69.2 cm³/mol. The topological polar surface area (TPSA) is 75.7 Å². The quantitative estimate of drug-likeness (QED) is 0.572. The molecule has 1 rings (SSSR count). The number of hydrogen-bond donors (Lipinski definition) is 1. The number of amides is 2. The first kappa shape index (κ1) is 15.2. The molecule has 1 aliphatic rings. The van der Waals surface area contributed by atoms with Crippen LogP contribution < -0.4 is 5.32 Å². The Morgan fingerprint density at radius 3 is 2.79 bits per heavy atom. The molecule has 0 aliphatic carbocycles. The molecule has 6 nitrogen and oxygen atoms in total. The Labute approximate surface area is 112 Å². The average molecular weight is 268 g/mol. The molecule has 0 unspecified atom stereocenters. The third-order valence-corrected chi connectivity index (χ3v) is 3.01. The minimum absolute atomic E-state index is 0.263. The van der Waals surface area contributed by atoms with Crippen LogP contribution in [0.15, 0.2) is 12.7 Å². The highest BCUT2D eigenvalue weighted by atomic mass is 16.5. The van der Waals surface area contributed by atoms with E-state index in [2.05, 4.69) is 11.9 Å². The number of ether oxygens (including phenoxy) is 1. The van der Waals surface area contributed by atoms with Gasteiger partial charge in [0, 0.05) is 6.54 Å². The van der Waals surface area contributed by atoms with Gasteiger partial charge in [0.25, 0.3) is 0 Å². The molecule has 1 saturated heterocycles. The van der Waals surface area contributed by atoms with Crippen molar-refractivity contribution in [2.75, 3.05) is 13.2 Å². The Bertz CT molecular complexity index is 381. The molecule has 1 aliphatic heterocycles. The van der Waals surface area contributed by atoms with Gasteiger partial charge in [0.2, 0.25) is 11.8 Å². The summed E-state index contributed by atoms with van der Waals surface area (Å²) in [5.74, 6) is -1.06. The Kier molecular flexibility index (Phi) is 5.54. The first-order chi connectivity index (χ1) is 9.01. The number of rotatable bonds is 5. The van der Waals surface area contributed by atoms with Crippen molar-refractivity contribution in [3.8, 4) is 0 Å². The van der Waals surface area contributed by atoms with E-state index in [1.165, 1.54) is 11.0 Å². The molecule has 1 fully saturated rings. The lowest BCUT2D eigenvalue weighted by molar-refractivity contribution is -0.147. The highest BCUT2D eigenvalue weighted by Crippen LogP contribution is 2.17. The smallest absolute Gasteiger partial charge is 0.328 e. The Morgan fingerprint density at radius 1 is 1.53 bits per heavy atom. The van der Waals surface area contributed by atoms with Crippen molar-refractivity contribution < 1.29 is 19.1 Å². The van der Waals surface area contributed by atoms with Crippen molar-refractivity contribution in [3.05, 3.63) is 12.7 Å². The van der Waals surface area contributed by atoms with Crippen molar-refractivity contribution in [2.24, 2.45) is 0 Å². The minimum atomic E-state index is -0.714. The summed E-state index contributed by atoms with van der Waals surface area (Å²) in [6.07, 6.45) is 2.56. The predicted octanol–water partition coefficient (Wildman–Crippen LogP) is 0.231. The molecule has 6 heteroatoms. The third-order valence-electron chi connectivity index (χ3n) is 3.01. The molecule has 0 aromatic heterocycles.